The van der Waals surface area contributed by atoms with E-state index in [4.69, 9.17) is 0 Å². The molecule has 3 saturated carbocycles. The topological polar surface area (TPSA) is 29.4 Å². The highest BCUT2D eigenvalue weighted by Crippen LogP contribution is 2.67. The fourth-order valence-electron chi connectivity index (χ4n) is 9.39. The molecule has 9 atom stereocenters. The average Bonchev–Trinajstić information content (AvgIpc) is 3.10. The number of allylic oxidation sites excluding steroid dienone is 1. The van der Waals surface area contributed by atoms with Crippen LogP contribution in [0, 0.1) is 57.2 Å². The quantitative estimate of drug-likeness (QED) is 0.295. The summed E-state index contributed by atoms with van der Waals surface area (Å²) >= 11 is 0. The Morgan fingerprint density at radius 1 is 1.03 bits per heavy atom. The van der Waals surface area contributed by atoms with E-state index in [2.05, 4.69) is 52.8 Å². The fraction of sp³-hybridized carbons (Fsp3) is 0.931. The van der Waals surface area contributed by atoms with E-state index >= 15 is 0 Å². The maximum Gasteiger partial charge on any atom is 0.0957 e. The fourth-order valence-corrected chi connectivity index (χ4v) is 9.39. The predicted molar refractivity (Wildman–Crippen MR) is 132 cm³/mol. The van der Waals surface area contributed by atoms with Crippen LogP contribution < -0.4 is 0 Å². The number of hydrogen-bond donors (Lipinski definition) is 0. The summed E-state index contributed by atoms with van der Waals surface area (Å²) < 4.78 is 0. The van der Waals surface area contributed by atoms with Gasteiger partial charge in [-0.05, 0) is 110 Å². The van der Waals surface area contributed by atoms with Crippen molar-refractivity contribution in [2.75, 3.05) is 0 Å². The van der Waals surface area contributed by atoms with Crippen LogP contribution in [0.15, 0.2) is 16.8 Å². The molecule has 0 heterocycles. The highest BCUT2D eigenvalue weighted by Gasteiger charge is 2.59. The first kappa shape index (κ1) is 23.5. The molecular formula is C29H49NO. The van der Waals surface area contributed by atoms with Crippen LogP contribution in [0.2, 0.25) is 0 Å². The second kappa shape index (κ2) is 8.94. The van der Waals surface area contributed by atoms with Gasteiger partial charge in [-0.1, -0.05) is 71.2 Å². The Balaban J connectivity index is 1.47. The van der Waals surface area contributed by atoms with Gasteiger partial charge < -0.3 is 0 Å². The van der Waals surface area contributed by atoms with Gasteiger partial charge in [0.2, 0.25) is 0 Å². The molecule has 31 heavy (non-hydrogen) atoms. The van der Waals surface area contributed by atoms with Crippen molar-refractivity contribution in [3.8, 4) is 0 Å². The third kappa shape index (κ3) is 3.97. The summed E-state index contributed by atoms with van der Waals surface area (Å²) in [5.41, 5.74) is 2.50. The minimum absolute atomic E-state index is 0.0410. The second-order valence-corrected chi connectivity index (χ2v) is 13.0. The summed E-state index contributed by atoms with van der Waals surface area (Å²) in [4.78, 5) is 11.2. The van der Waals surface area contributed by atoms with Crippen molar-refractivity contribution in [1.29, 1.82) is 0 Å². The van der Waals surface area contributed by atoms with E-state index in [1.165, 1.54) is 57.8 Å². The van der Waals surface area contributed by atoms with Gasteiger partial charge in [0.1, 0.15) is 0 Å². The van der Waals surface area contributed by atoms with Crippen LogP contribution in [0.4, 0.5) is 0 Å². The van der Waals surface area contributed by atoms with Crippen molar-refractivity contribution < 1.29 is 0 Å². The first-order chi connectivity index (χ1) is 14.7. The molecule has 2 heteroatoms. The van der Waals surface area contributed by atoms with Gasteiger partial charge in [0.15, 0.2) is 0 Å². The van der Waals surface area contributed by atoms with Gasteiger partial charge in [-0.15, -0.1) is 0 Å². The van der Waals surface area contributed by atoms with E-state index in [0.29, 0.717) is 10.8 Å². The number of rotatable bonds is 7. The van der Waals surface area contributed by atoms with E-state index < -0.39 is 0 Å². The van der Waals surface area contributed by atoms with Crippen molar-refractivity contribution in [2.24, 2.45) is 57.4 Å². The molecule has 4 aliphatic rings. The van der Waals surface area contributed by atoms with Crippen LogP contribution >= 0.6 is 0 Å². The van der Waals surface area contributed by atoms with Crippen molar-refractivity contribution >= 4 is 0 Å². The molecule has 0 radical (unpaired) electrons. The Kier molecular flexibility index (Phi) is 6.78. The Bertz CT molecular complexity index is 682. The van der Waals surface area contributed by atoms with Gasteiger partial charge in [-0.3, -0.25) is 0 Å². The maximum atomic E-state index is 11.2. The zero-order valence-electron chi connectivity index (χ0n) is 21.3. The third-order valence-corrected chi connectivity index (χ3v) is 11.4. The molecule has 0 aliphatic heterocycles. The summed E-state index contributed by atoms with van der Waals surface area (Å²) in [6.45, 7) is 15.0. The molecule has 2 nitrogen and oxygen atoms in total. The minimum atomic E-state index is 0.0410. The van der Waals surface area contributed by atoms with E-state index in [-0.39, 0.29) is 6.04 Å². The zero-order valence-corrected chi connectivity index (χ0v) is 21.3. The Morgan fingerprint density at radius 2 is 1.81 bits per heavy atom. The minimum Gasteiger partial charge on any atom is -0.151 e. The maximum absolute atomic E-state index is 11.2. The molecule has 0 aromatic rings. The lowest BCUT2D eigenvalue weighted by Crippen LogP contribution is -2.50. The molecule has 4 aliphatic carbocycles. The first-order valence-electron chi connectivity index (χ1n) is 13.8. The lowest BCUT2D eigenvalue weighted by Gasteiger charge is -2.58. The van der Waals surface area contributed by atoms with Crippen molar-refractivity contribution in [3.63, 3.8) is 0 Å². The molecule has 0 N–H and O–H groups in total. The largest absolute Gasteiger partial charge is 0.151 e. The predicted octanol–water partition coefficient (Wildman–Crippen LogP) is 8.80. The summed E-state index contributed by atoms with van der Waals surface area (Å²) in [6.07, 6.45) is 17.0. The Labute approximate surface area is 192 Å². The molecule has 0 aromatic carbocycles. The molecule has 0 saturated heterocycles. The van der Waals surface area contributed by atoms with Crippen molar-refractivity contribution in [3.05, 3.63) is 16.6 Å². The van der Waals surface area contributed by atoms with Gasteiger partial charge in [-0.25, -0.2) is 0 Å². The SMILES string of the molecule is CCC(CCC(C)C1CCC2C3CC=C4CC(N=O)CC[C@]4(C)C3CC[C@]12C)C(C)C. The van der Waals surface area contributed by atoms with Crippen molar-refractivity contribution in [1.82, 2.24) is 0 Å². The number of nitrogens with zero attached hydrogens (tertiary/aromatic N) is 1. The van der Waals surface area contributed by atoms with E-state index in [1.807, 2.05) is 0 Å². The van der Waals surface area contributed by atoms with Gasteiger partial charge in [0.05, 0.1) is 6.04 Å². The van der Waals surface area contributed by atoms with Crippen LogP contribution in [0.3, 0.4) is 0 Å². The molecule has 4 rings (SSSR count). The highest BCUT2D eigenvalue weighted by molar-refractivity contribution is 5.26. The number of fused-ring (bicyclic) bond motifs is 5. The second-order valence-electron chi connectivity index (χ2n) is 13.0. The number of nitroso groups, excluding NO2 is 1. The molecule has 0 spiro atoms. The smallest absolute Gasteiger partial charge is 0.0957 e. The van der Waals surface area contributed by atoms with Crippen LogP contribution in [0.5, 0.6) is 0 Å². The zero-order chi connectivity index (χ0) is 22.4. The van der Waals surface area contributed by atoms with Crippen LogP contribution in [0.1, 0.15) is 112 Å². The van der Waals surface area contributed by atoms with E-state index in [0.717, 1.165) is 54.3 Å². The first-order valence-corrected chi connectivity index (χ1v) is 13.8. The summed E-state index contributed by atoms with van der Waals surface area (Å²) in [7, 11) is 0. The van der Waals surface area contributed by atoms with Gasteiger partial charge in [0, 0.05) is 0 Å². The van der Waals surface area contributed by atoms with E-state index in [9.17, 15) is 4.91 Å². The average molecular weight is 428 g/mol. The van der Waals surface area contributed by atoms with Gasteiger partial charge in [-0.2, -0.15) is 4.91 Å². The van der Waals surface area contributed by atoms with Crippen LogP contribution in [0.25, 0.3) is 0 Å². The van der Waals surface area contributed by atoms with Gasteiger partial charge >= 0.3 is 0 Å². The Morgan fingerprint density at radius 3 is 2.48 bits per heavy atom. The monoisotopic (exact) mass is 427 g/mol. The summed E-state index contributed by atoms with van der Waals surface area (Å²) in [5.74, 6) is 6.17. The number of hydrogen-bond acceptors (Lipinski definition) is 2. The summed E-state index contributed by atoms with van der Waals surface area (Å²) in [5, 5.41) is 3.42. The summed E-state index contributed by atoms with van der Waals surface area (Å²) in [6, 6.07) is 0.0410. The van der Waals surface area contributed by atoms with Gasteiger partial charge in [0.25, 0.3) is 0 Å². The molecular weight excluding hydrogens is 378 g/mol. The third-order valence-electron chi connectivity index (χ3n) is 11.4. The molecule has 0 amide bonds. The van der Waals surface area contributed by atoms with Crippen LogP contribution in [-0.4, -0.2) is 6.04 Å². The van der Waals surface area contributed by atoms with Crippen LogP contribution in [-0.2, 0) is 0 Å². The molecule has 7 unspecified atom stereocenters. The molecule has 3 fully saturated rings. The van der Waals surface area contributed by atoms with Crippen molar-refractivity contribution in [2.45, 2.75) is 118 Å². The standard InChI is InChI=1S/C29H49NO/c1-7-21(19(2)3)9-8-20(4)25-12-13-26-24-11-10-22-18-23(30-31)14-16-28(22,5)27(24)15-17-29(25,26)6/h10,19-21,23-27H,7-9,11-18H2,1-6H3/t20?,21?,23?,24?,25?,26?,27?,28-,29+/m0/s1. The lowest BCUT2D eigenvalue weighted by molar-refractivity contribution is -0.0511. The van der Waals surface area contributed by atoms with E-state index in [1.54, 1.807) is 5.57 Å². The molecule has 176 valence electrons. The normalized spacial score (nSPS) is 44.1. The Hall–Kier alpha value is -0.660. The lowest BCUT2D eigenvalue weighted by atomic mass is 9.47. The highest BCUT2D eigenvalue weighted by atomic mass is 16.3. The molecule has 0 aromatic heterocycles. The molecule has 0 bridgehead atoms.